The molecule has 0 aliphatic carbocycles. The summed E-state index contributed by atoms with van der Waals surface area (Å²) in [6.45, 7) is -0.0664. The number of rotatable bonds is 10. The van der Waals surface area contributed by atoms with Crippen LogP contribution in [-0.4, -0.2) is 75.9 Å². The van der Waals surface area contributed by atoms with E-state index in [2.05, 4.69) is 0 Å². The molecule has 2 atom stereocenters. The zero-order valence-electron chi connectivity index (χ0n) is 26.2. The molecule has 1 fully saturated rings. The van der Waals surface area contributed by atoms with Gasteiger partial charge in [-0.25, -0.2) is 9.10 Å². The number of likely N-dealkylation sites (tertiary alicyclic amines) is 1. The van der Waals surface area contributed by atoms with Gasteiger partial charge in [0.15, 0.2) is 0 Å². The summed E-state index contributed by atoms with van der Waals surface area (Å²) < 4.78 is 12.3. The van der Waals surface area contributed by atoms with Gasteiger partial charge in [-0.15, -0.1) is 0 Å². The van der Waals surface area contributed by atoms with Crippen molar-refractivity contribution in [1.29, 1.82) is 0 Å². The number of aliphatic hydroxyl groups excluding tert-OH is 1. The quantitative estimate of drug-likeness (QED) is 0.106. The molecular weight excluding hydrogens is 658 g/mol. The van der Waals surface area contributed by atoms with Crippen molar-refractivity contribution >= 4 is 47.2 Å². The maximum absolute atomic E-state index is 14.3. The fourth-order valence-electron chi connectivity index (χ4n) is 5.38. The number of amides is 2. The van der Waals surface area contributed by atoms with E-state index in [0.717, 1.165) is 11.9 Å². The molecular formula is C35H34ClN3O8S. The molecule has 48 heavy (non-hydrogen) atoms. The van der Waals surface area contributed by atoms with Crippen molar-refractivity contribution in [3.63, 3.8) is 0 Å². The van der Waals surface area contributed by atoms with E-state index in [1.54, 1.807) is 86.9 Å². The van der Waals surface area contributed by atoms with Crippen molar-refractivity contribution in [3.05, 3.63) is 113 Å². The van der Waals surface area contributed by atoms with Crippen LogP contribution in [0.5, 0.6) is 17.2 Å². The van der Waals surface area contributed by atoms with E-state index in [-0.39, 0.29) is 54.0 Å². The minimum absolute atomic E-state index is 0.126. The predicted octanol–water partition coefficient (Wildman–Crippen LogP) is 5.84. The van der Waals surface area contributed by atoms with Crippen molar-refractivity contribution in [3.8, 4) is 17.2 Å². The summed E-state index contributed by atoms with van der Waals surface area (Å²) in [4.78, 5) is 43.9. The zero-order valence-corrected chi connectivity index (χ0v) is 27.7. The fourth-order valence-corrected chi connectivity index (χ4v) is 6.51. The average Bonchev–Trinajstić information content (AvgIpc) is 3.45. The second-order valence-electron chi connectivity index (χ2n) is 11.2. The summed E-state index contributed by atoms with van der Waals surface area (Å²) in [6.07, 6.45) is -1.35. The Hall–Kier alpha value is -4.75. The van der Waals surface area contributed by atoms with Crippen LogP contribution in [0.1, 0.15) is 27.9 Å². The van der Waals surface area contributed by atoms with E-state index in [1.165, 1.54) is 27.4 Å². The standard InChI is InChI=1S/C35H34ClN3O8S/c1-37(2)34(44)30-18-27(47-35(45)46-26-9-4-3-5-10-26)20-38(30)19-23-16-24(36)12-14-29(23)39(48-32-15-13-25(41)17-31(32)42)33(43)28-11-7-6-8-22(28)21-40/h3-17,27,30,40-42H,18-21H2,1-2H3/t27-,30+/m1/s1. The third-order valence-electron chi connectivity index (χ3n) is 7.67. The van der Waals surface area contributed by atoms with Crippen molar-refractivity contribution in [2.24, 2.45) is 0 Å². The Labute approximate surface area is 287 Å². The van der Waals surface area contributed by atoms with Gasteiger partial charge < -0.3 is 29.7 Å². The second-order valence-corrected chi connectivity index (χ2v) is 12.7. The fraction of sp³-hybridized carbons (Fsp3) is 0.229. The maximum Gasteiger partial charge on any atom is 0.514 e. The Morgan fingerprint density at radius 2 is 1.67 bits per heavy atom. The number of phenols is 2. The van der Waals surface area contributed by atoms with Crippen LogP contribution in [0, 0.1) is 0 Å². The summed E-state index contributed by atoms with van der Waals surface area (Å²) in [5, 5.41) is 30.9. The number of hydrogen-bond donors (Lipinski definition) is 3. The molecule has 1 saturated heterocycles. The SMILES string of the molecule is CN(C)C(=O)[C@@H]1C[C@@H](OC(=O)Oc2ccccc2)CN1Cc1cc(Cl)ccc1N(Sc1ccc(O)cc1O)C(=O)c1ccccc1CO. The molecule has 11 nitrogen and oxygen atoms in total. The van der Waals surface area contributed by atoms with E-state index in [0.29, 0.717) is 27.6 Å². The van der Waals surface area contributed by atoms with Crippen LogP contribution in [-0.2, 0) is 22.7 Å². The molecule has 250 valence electrons. The lowest BCUT2D eigenvalue weighted by Crippen LogP contribution is -2.42. The molecule has 13 heteroatoms. The number of carbonyl (C=O) groups excluding carboxylic acids is 3. The third kappa shape index (κ3) is 8.20. The molecule has 0 radical (unpaired) electrons. The number of benzene rings is 4. The highest BCUT2D eigenvalue weighted by Crippen LogP contribution is 2.40. The lowest BCUT2D eigenvalue weighted by molar-refractivity contribution is -0.133. The van der Waals surface area contributed by atoms with E-state index < -0.39 is 24.2 Å². The number of anilines is 1. The Kier molecular flexibility index (Phi) is 11.1. The number of likely N-dealkylation sites (N-methyl/N-ethyl adjacent to an activating group) is 1. The molecule has 1 aliphatic rings. The van der Waals surface area contributed by atoms with Crippen LogP contribution in [0.4, 0.5) is 10.5 Å². The monoisotopic (exact) mass is 691 g/mol. The number of aliphatic hydroxyl groups is 1. The van der Waals surface area contributed by atoms with Crippen LogP contribution < -0.4 is 9.04 Å². The Balaban J connectivity index is 1.49. The highest BCUT2D eigenvalue weighted by Gasteiger charge is 2.40. The van der Waals surface area contributed by atoms with Crippen LogP contribution in [0.25, 0.3) is 0 Å². The number of carbonyl (C=O) groups is 3. The van der Waals surface area contributed by atoms with Crippen LogP contribution in [0.2, 0.25) is 5.02 Å². The first-order chi connectivity index (χ1) is 23.0. The Bertz CT molecular complexity index is 1790. The number of phenolic OH excluding ortho intramolecular Hbond substituents is 2. The van der Waals surface area contributed by atoms with Crippen molar-refractivity contribution in [1.82, 2.24) is 9.80 Å². The van der Waals surface area contributed by atoms with Gasteiger partial charge in [0.05, 0.1) is 23.2 Å². The lowest BCUT2D eigenvalue weighted by atomic mass is 10.1. The minimum atomic E-state index is -0.892. The van der Waals surface area contributed by atoms with Gasteiger partial charge >= 0.3 is 6.16 Å². The molecule has 1 heterocycles. The lowest BCUT2D eigenvalue weighted by Gasteiger charge is -2.29. The Morgan fingerprint density at radius 3 is 2.38 bits per heavy atom. The molecule has 0 spiro atoms. The number of halogens is 1. The minimum Gasteiger partial charge on any atom is -0.508 e. The van der Waals surface area contributed by atoms with Gasteiger partial charge in [0, 0.05) is 50.3 Å². The summed E-state index contributed by atoms with van der Waals surface area (Å²) >= 11 is 7.40. The molecule has 0 saturated carbocycles. The summed E-state index contributed by atoms with van der Waals surface area (Å²) in [5.74, 6) is -0.765. The second kappa shape index (κ2) is 15.4. The average molecular weight is 692 g/mol. The molecule has 1 aliphatic heterocycles. The first-order valence-corrected chi connectivity index (χ1v) is 16.1. The number of ether oxygens (including phenoxy) is 2. The maximum atomic E-state index is 14.3. The van der Waals surface area contributed by atoms with Gasteiger partial charge in [-0.3, -0.25) is 14.5 Å². The number of aromatic hydroxyl groups is 2. The smallest absolute Gasteiger partial charge is 0.508 e. The van der Waals surface area contributed by atoms with E-state index in [4.69, 9.17) is 21.1 Å². The van der Waals surface area contributed by atoms with Gasteiger partial charge in [0.1, 0.15) is 23.4 Å². The third-order valence-corrected chi connectivity index (χ3v) is 8.99. The van der Waals surface area contributed by atoms with Gasteiger partial charge in [0.2, 0.25) is 5.91 Å². The van der Waals surface area contributed by atoms with Crippen molar-refractivity contribution in [2.45, 2.75) is 36.6 Å². The topological polar surface area (TPSA) is 140 Å². The predicted molar refractivity (Wildman–Crippen MR) is 181 cm³/mol. The molecule has 5 rings (SSSR count). The van der Waals surface area contributed by atoms with Crippen LogP contribution >= 0.6 is 23.5 Å². The Morgan fingerprint density at radius 1 is 0.938 bits per heavy atom. The van der Waals surface area contributed by atoms with E-state index >= 15 is 0 Å². The largest absolute Gasteiger partial charge is 0.514 e. The summed E-state index contributed by atoms with van der Waals surface area (Å²) in [7, 11) is 3.28. The van der Waals surface area contributed by atoms with Crippen molar-refractivity contribution in [2.75, 3.05) is 24.9 Å². The number of para-hydroxylation sites is 1. The zero-order chi connectivity index (χ0) is 34.4. The van der Waals surface area contributed by atoms with E-state index in [9.17, 15) is 29.7 Å². The normalized spacial score (nSPS) is 15.9. The van der Waals surface area contributed by atoms with Gasteiger partial charge in [-0.1, -0.05) is 48.0 Å². The molecule has 4 aromatic rings. The molecule has 0 unspecified atom stereocenters. The molecule has 0 aromatic heterocycles. The number of hydrogen-bond acceptors (Lipinski definition) is 10. The van der Waals surface area contributed by atoms with Gasteiger partial charge in [0.25, 0.3) is 5.91 Å². The van der Waals surface area contributed by atoms with Crippen molar-refractivity contribution < 1.29 is 39.2 Å². The van der Waals surface area contributed by atoms with Gasteiger partial charge in [-0.2, -0.15) is 0 Å². The first kappa shape index (κ1) is 34.6. The summed E-state index contributed by atoms with van der Waals surface area (Å²) in [6, 6.07) is 23.5. The molecule has 4 aromatic carbocycles. The number of nitrogens with zero attached hydrogens (tertiary/aromatic N) is 3. The van der Waals surface area contributed by atoms with Crippen LogP contribution in [0.3, 0.4) is 0 Å². The molecule has 0 bridgehead atoms. The van der Waals surface area contributed by atoms with E-state index in [1.807, 2.05) is 4.90 Å². The molecule has 3 N–H and O–H groups in total. The highest BCUT2D eigenvalue weighted by molar-refractivity contribution is 8.01. The molecule has 2 amide bonds. The first-order valence-electron chi connectivity index (χ1n) is 14.9. The van der Waals surface area contributed by atoms with Gasteiger partial charge in [-0.05, 0) is 71.6 Å². The van der Waals surface area contributed by atoms with Crippen LogP contribution in [0.15, 0.2) is 95.9 Å². The highest BCUT2D eigenvalue weighted by atomic mass is 35.5. The summed E-state index contributed by atoms with van der Waals surface area (Å²) in [5.41, 5.74) is 1.60.